The Morgan fingerprint density at radius 3 is 2.58 bits per heavy atom. The molecule has 0 aromatic carbocycles. The summed E-state index contributed by atoms with van der Waals surface area (Å²) in [5, 5.41) is 0.235. The Morgan fingerprint density at radius 2 is 2.00 bits per heavy atom. The van der Waals surface area contributed by atoms with E-state index < -0.39 is 0 Å². The van der Waals surface area contributed by atoms with Gasteiger partial charge >= 0.3 is 0 Å². The SMILES string of the molecule is CSC(=O)CCSSCCC=O. The van der Waals surface area contributed by atoms with Gasteiger partial charge in [-0.15, -0.1) is 0 Å². The van der Waals surface area contributed by atoms with Gasteiger partial charge in [-0.2, -0.15) is 0 Å². The standard InChI is InChI=1S/C7H12O2S3/c1-10-7(9)3-6-12-11-5-2-4-8/h4H,2-3,5-6H2,1H3. The van der Waals surface area contributed by atoms with Crippen molar-refractivity contribution in [1.82, 2.24) is 0 Å². The zero-order valence-corrected chi connectivity index (χ0v) is 9.40. The van der Waals surface area contributed by atoms with E-state index in [0.717, 1.165) is 17.8 Å². The van der Waals surface area contributed by atoms with Crippen molar-refractivity contribution in [3.8, 4) is 0 Å². The Kier molecular flexibility index (Phi) is 9.79. The number of hydrogen-bond acceptors (Lipinski definition) is 5. The molecule has 0 N–H and O–H groups in total. The van der Waals surface area contributed by atoms with Crippen molar-refractivity contribution < 1.29 is 9.59 Å². The van der Waals surface area contributed by atoms with Crippen LogP contribution in [0.15, 0.2) is 0 Å². The third-order valence-corrected chi connectivity index (χ3v) is 4.12. The summed E-state index contributed by atoms with van der Waals surface area (Å²) >= 11 is 1.28. The molecule has 0 heterocycles. The summed E-state index contributed by atoms with van der Waals surface area (Å²) in [6, 6.07) is 0. The Balaban J connectivity index is 3.00. The lowest BCUT2D eigenvalue weighted by Crippen LogP contribution is -1.91. The molecule has 0 saturated heterocycles. The first kappa shape index (κ1) is 12.4. The molecule has 0 fully saturated rings. The molecule has 70 valence electrons. The van der Waals surface area contributed by atoms with E-state index in [0.29, 0.717) is 12.8 Å². The maximum absolute atomic E-state index is 10.8. The Labute approximate surface area is 85.0 Å². The van der Waals surface area contributed by atoms with Crippen LogP contribution in [0.4, 0.5) is 0 Å². The molecule has 0 radical (unpaired) electrons. The van der Waals surface area contributed by atoms with Crippen molar-refractivity contribution in [3.05, 3.63) is 0 Å². The second kappa shape index (κ2) is 9.48. The lowest BCUT2D eigenvalue weighted by atomic mass is 10.5. The zero-order chi connectivity index (χ0) is 9.23. The minimum Gasteiger partial charge on any atom is -0.303 e. The van der Waals surface area contributed by atoms with Gasteiger partial charge in [0.15, 0.2) is 5.12 Å². The average molecular weight is 224 g/mol. The lowest BCUT2D eigenvalue weighted by Gasteiger charge is -1.96. The highest BCUT2D eigenvalue weighted by Crippen LogP contribution is 2.22. The number of aldehydes is 1. The molecule has 0 amide bonds. The molecular formula is C7H12O2S3. The number of carbonyl (C=O) groups excluding carboxylic acids is 2. The van der Waals surface area contributed by atoms with Crippen molar-refractivity contribution in [2.75, 3.05) is 17.8 Å². The minimum atomic E-state index is 0.235. The number of thioether (sulfide) groups is 1. The van der Waals surface area contributed by atoms with Crippen LogP contribution in [-0.4, -0.2) is 29.2 Å². The van der Waals surface area contributed by atoms with Crippen LogP contribution in [0.25, 0.3) is 0 Å². The van der Waals surface area contributed by atoms with Crippen molar-refractivity contribution in [1.29, 1.82) is 0 Å². The van der Waals surface area contributed by atoms with Crippen LogP contribution < -0.4 is 0 Å². The van der Waals surface area contributed by atoms with E-state index in [1.165, 1.54) is 11.8 Å². The van der Waals surface area contributed by atoms with Crippen LogP contribution in [0.2, 0.25) is 0 Å². The predicted molar refractivity (Wildman–Crippen MR) is 58.7 cm³/mol. The second-order valence-electron chi connectivity index (χ2n) is 1.93. The molecule has 0 rings (SSSR count). The zero-order valence-electron chi connectivity index (χ0n) is 6.95. The summed E-state index contributed by atoms with van der Waals surface area (Å²) in [6.07, 6.45) is 3.95. The largest absolute Gasteiger partial charge is 0.303 e. The van der Waals surface area contributed by atoms with Crippen LogP contribution in [0.5, 0.6) is 0 Å². The van der Waals surface area contributed by atoms with Crippen LogP contribution in [0.3, 0.4) is 0 Å². The van der Waals surface area contributed by atoms with Gasteiger partial charge < -0.3 is 4.79 Å². The fourth-order valence-corrected chi connectivity index (χ4v) is 2.82. The predicted octanol–water partition coefficient (Wildman–Crippen LogP) is 2.24. The van der Waals surface area contributed by atoms with E-state index in [9.17, 15) is 9.59 Å². The van der Waals surface area contributed by atoms with Gasteiger partial charge in [-0.3, -0.25) is 4.79 Å². The smallest absolute Gasteiger partial charge is 0.189 e. The van der Waals surface area contributed by atoms with Crippen molar-refractivity contribution >= 4 is 44.8 Å². The summed E-state index contributed by atoms with van der Waals surface area (Å²) in [6.45, 7) is 0. The maximum atomic E-state index is 10.8. The van der Waals surface area contributed by atoms with E-state index in [2.05, 4.69) is 0 Å². The van der Waals surface area contributed by atoms with Gasteiger partial charge in [-0.05, 0) is 6.26 Å². The quantitative estimate of drug-likeness (QED) is 0.376. The van der Waals surface area contributed by atoms with Gasteiger partial charge in [0, 0.05) is 24.3 Å². The van der Waals surface area contributed by atoms with E-state index in [1.807, 2.05) is 0 Å². The van der Waals surface area contributed by atoms with Gasteiger partial charge in [0.1, 0.15) is 6.29 Å². The monoisotopic (exact) mass is 224 g/mol. The number of rotatable bonds is 7. The fourth-order valence-electron chi connectivity index (χ4n) is 0.441. The fraction of sp³-hybridized carbons (Fsp3) is 0.714. The molecule has 0 saturated carbocycles. The molecule has 0 aromatic rings. The summed E-state index contributed by atoms with van der Waals surface area (Å²) in [5.41, 5.74) is 0. The molecule has 0 spiro atoms. The van der Waals surface area contributed by atoms with Crippen LogP contribution in [-0.2, 0) is 9.59 Å². The molecular weight excluding hydrogens is 212 g/mol. The summed E-state index contributed by atoms with van der Waals surface area (Å²) < 4.78 is 0. The van der Waals surface area contributed by atoms with Crippen molar-refractivity contribution in [2.24, 2.45) is 0 Å². The number of carbonyl (C=O) groups is 2. The third-order valence-electron chi connectivity index (χ3n) is 1.02. The highest BCUT2D eigenvalue weighted by molar-refractivity contribution is 8.76. The molecule has 12 heavy (non-hydrogen) atoms. The van der Waals surface area contributed by atoms with E-state index >= 15 is 0 Å². The molecule has 0 aliphatic heterocycles. The number of hydrogen-bond donors (Lipinski definition) is 0. The topological polar surface area (TPSA) is 34.1 Å². The Hall–Kier alpha value is 0.390. The molecule has 0 aliphatic carbocycles. The first-order valence-corrected chi connectivity index (χ1v) is 7.27. The van der Waals surface area contributed by atoms with Gasteiger partial charge in [0.05, 0.1) is 0 Å². The van der Waals surface area contributed by atoms with E-state index in [-0.39, 0.29) is 5.12 Å². The maximum Gasteiger partial charge on any atom is 0.189 e. The normalized spacial score (nSPS) is 9.75. The molecule has 0 aliphatic rings. The highest BCUT2D eigenvalue weighted by atomic mass is 33.1. The van der Waals surface area contributed by atoms with Crippen LogP contribution >= 0.6 is 33.3 Å². The Morgan fingerprint density at radius 1 is 1.33 bits per heavy atom. The van der Waals surface area contributed by atoms with E-state index in [4.69, 9.17) is 0 Å². The summed E-state index contributed by atoms with van der Waals surface area (Å²) in [7, 11) is 3.31. The summed E-state index contributed by atoms with van der Waals surface area (Å²) in [4.78, 5) is 20.7. The molecule has 0 unspecified atom stereocenters. The third kappa shape index (κ3) is 8.49. The Bertz CT molecular complexity index is 139. The second-order valence-corrected chi connectivity index (χ2v) is 5.49. The van der Waals surface area contributed by atoms with Gasteiger partial charge in [0.2, 0.25) is 0 Å². The molecule has 0 bridgehead atoms. The first-order valence-electron chi connectivity index (χ1n) is 3.56. The first-order chi connectivity index (χ1) is 5.81. The lowest BCUT2D eigenvalue weighted by molar-refractivity contribution is -0.110. The van der Waals surface area contributed by atoms with Crippen LogP contribution in [0, 0.1) is 0 Å². The van der Waals surface area contributed by atoms with E-state index in [1.54, 1.807) is 27.8 Å². The molecule has 5 heteroatoms. The molecule has 2 nitrogen and oxygen atoms in total. The van der Waals surface area contributed by atoms with Gasteiger partial charge in [0.25, 0.3) is 0 Å². The van der Waals surface area contributed by atoms with Crippen molar-refractivity contribution in [3.63, 3.8) is 0 Å². The van der Waals surface area contributed by atoms with Gasteiger partial charge in [-0.25, -0.2) is 0 Å². The molecule has 0 atom stereocenters. The summed E-state index contributed by atoms with van der Waals surface area (Å²) in [5.74, 6) is 1.70. The average Bonchev–Trinajstić information content (AvgIpc) is 2.10. The highest BCUT2D eigenvalue weighted by Gasteiger charge is 1.98. The molecule has 0 aromatic heterocycles. The van der Waals surface area contributed by atoms with Crippen LogP contribution in [0.1, 0.15) is 12.8 Å². The minimum absolute atomic E-state index is 0.235. The van der Waals surface area contributed by atoms with Crippen molar-refractivity contribution in [2.45, 2.75) is 12.8 Å². The van der Waals surface area contributed by atoms with Gasteiger partial charge in [-0.1, -0.05) is 33.3 Å².